The van der Waals surface area contributed by atoms with Gasteiger partial charge in [0.15, 0.2) is 11.9 Å². The predicted molar refractivity (Wildman–Crippen MR) is 99.8 cm³/mol. The van der Waals surface area contributed by atoms with Gasteiger partial charge in [0.1, 0.15) is 0 Å². The highest BCUT2D eigenvalue weighted by Crippen LogP contribution is 2.51. The van der Waals surface area contributed by atoms with Crippen molar-refractivity contribution in [2.24, 2.45) is 0 Å². The monoisotopic (exact) mass is 384 g/mol. The summed E-state index contributed by atoms with van der Waals surface area (Å²) in [5, 5.41) is 2.23. The molecule has 8 heteroatoms. The summed E-state index contributed by atoms with van der Waals surface area (Å²) >= 11 is 3.03. The van der Waals surface area contributed by atoms with E-state index in [0.29, 0.717) is 19.8 Å². The van der Waals surface area contributed by atoms with Crippen LogP contribution >= 0.6 is 30.2 Å². The Morgan fingerprint density at radius 3 is 2.18 bits per heavy atom. The second-order valence-electron chi connectivity index (χ2n) is 6.47. The zero-order valence-corrected chi connectivity index (χ0v) is 18.2. The predicted octanol–water partition coefficient (Wildman–Crippen LogP) is 5.69. The lowest BCUT2D eigenvalue weighted by atomic mass is 10.2. The van der Waals surface area contributed by atoms with Crippen LogP contribution in [-0.2, 0) is 20.1 Å². The van der Waals surface area contributed by atoms with Crippen molar-refractivity contribution in [3.63, 3.8) is 0 Å². The topological polar surface area (TPSA) is 47.9 Å². The first kappa shape index (κ1) is 20.6. The highest BCUT2D eigenvalue weighted by Gasteiger charge is 2.37. The summed E-state index contributed by atoms with van der Waals surface area (Å²) < 4.78 is 18.0. The summed E-state index contributed by atoms with van der Waals surface area (Å²) in [4.78, 5) is 11.7. The Balaban J connectivity index is 2.97. The van der Waals surface area contributed by atoms with Crippen molar-refractivity contribution in [2.45, 2.75) is 59.4 Å². The smallest absolute Gasteiger partial charge is 0.283 e. The van der Waals surface area contributed by atoms with E-state index in [1.54, 1.807) is 0 Å². The minimum Gasteiger partial charge on any atom is -0.412 e. The standard InChI is InChI=1S/C14H29O4PS2Si/c1-8-16-19(15,17-9-2)13-20-11-12(21-13)10-18-22(6,7)14(3,4)5/h11,15H,8-10H2,1-7H3. The lowest BCUT2D eigenvalue weighted by molar-refractivity contribution is 0.207. The molecule has 0 saturated heterocycles. The van der Waals surface area contributed by atoms with E-state index in [2.05, 4.69) is 33.9 Å². The van der Waals surface area contributed by atoms with E-state index < -0.39 is 15.9 Å². The molecule has 0 radical (unpaired) electrons. The van der Waals surface area contributed by atoms with Gasteiger partial charge >= 0.3 is 0 Å². The lowest BCUT2D eigenvalue weighted by Crippen LogP contribution is -2.40. The van der Waals surface area contributed by atoms with Gasteiger partial charge in [-0.2, -0.15) is 0 Å². The maximum atomic E-state index is 10.6. The van der Waals surface area contributed by atoms with Gasteiger partial charge < -0.3 is 18.4 Å². The summed E-state index contributed by atoms with van der Waals surface area (Å²) in [5.41, 5.74) is 0. The van der Waals surface area contributed by atoms with Crippen molar-refractivity contribution in [1.82, 2.24) is 0 Å². The summed E-state index contributed by atoms with van der Waals surface area (Å²) in [5.74, 6) is 0. The van der Waals surface area contributed by atoms with E-state index in [9.17, 15) is 4.89 Å². The average Bonchev–Trinajstić information content (AvgIpc) is 2.85. The van der Waals surface area contributed by atoms with Crippen molar-refractivity contribution >= 4 is 38.6 Å². The molecule has 0 aliphatic heterocycles. The highest BCUT2D eigenvalue weighted by molar-refractivity contribution is 7.59. The van der Waals surface area contributed by atoms with Crippen LogP contribution in [0.25, 0.3) is 0 Å². The average molecular weight is 385 g/mol. The Bertz CT molecular complexity index is 550. The third-order valence-corrected chi connectivity index (χ3v) is 13.8. The summed E-state index contributed by atoms with van der Waals surface area (Å²) in [6.07, 6.45) is 0. The maximum Gasteiger partial charge on any atom is 0.283 e. The first-order chi connectivity index (χ1) is 10.1. The molecular formula is C14H29O4PS2Si. The van der Waals surface area contributed by atoms with Crippen LogP contribution in [0.3, 0.4) is 0 Å². The molecule has 22 heavy (non-hydrogen) atoms. The molecule has 0 aliphatic rings. The fraction of sp³-hybridized carbons (Fsp3) is 0.786. The molecule has 0 saturated carbocycles. The van der Waals surface area contributed by atoms with Crippen molar-refractivity contribution in [1.29, 1.82) is 0 Å². The molecule has 4 nitrogen and oxygen atoms in total. The van der Waals surface area contributed by atoms with Gasteiger partial charge in [-0.1, -0.05) is 20.8 Å². The Kier molecular flexibility index (Phi) is 7.56. The van der Waals surface area contributed by atoms with Crippen LogP contribution < -0.4 is 0 Å². The Hall–Kier alpha value is 0.537. The quantitative estimate of drug-likeness (QED) is 0.484. The summed E-state index contributed by atoms with van der Waals surface area (Å²) in [6, 6.07) is 0. The SMILES string of the molecule is CCOP(O)(OCC)=c1scc(CO[Si](C)(C)C(C)(C)C)s1. The van der Waals surface area contributed by atoms with E-state index in [4.69, 9.17) is 13.5 Å². The molecule has 0 bridgehead atoms. The van der Waals surface area contributed by atoms with Crippen LogP contribution in [0.4, 0.5) is 0 Å². The molecule has 1 heterocycles. The van der Waals surface area contributed by atoms with Crippen LogP contribution in [-0.4, -0.2) is 26.4 Å². The molecule has 0 fully saturated rings. The van der Waals surface area contributed by atoms with Gasteiger partial charge in [-0.15, -0.1) is 22.7 Å². The van der Waals surface area contributed by atoms with Crippen molar-refractivity contribution in [3.05, 3.63) is 13.8 Å². The minimum absolute atomic E-state index is 0.195. The summed E-state index contributed by atoms with van der Waals surface area (Å²) in [7, 11) is -4.66. The Morgan fingerprint density at radius 2 is 1.73 bits per heavy atom. The zero-order valence-electron chi connectivity index (χ0n) is 14.6. The van der Waals surface area contributed by atoms with E-state index >= 15 is 0 Å². The molecule has 130 valence electrons. The second-order valence-corrected chi connectivity index (χ2v) is 16.2. The Morgan fingerprint density at radius 1 is 1.18 bits per heavy atom. The second kappa shape index (κ2) is 8.08. The van der Waals surface area contributed by atoms with E-state index in [1.807, 2.05) is 19.2 Å². The number of hydrogen-bond donors (Lipinski definition) is 1. The summed E-state index contributed by atoms with van der Waals surface area (Å²) in [6.45, 7) is 16.4. The van der Waals surface area contributed by atoms with E-state index in [-0.39, 0.29) is 5.04 Å². The number of hydrogen-bond acceptors (Lipinski definition) is 6. The molecule has 1 N–H and O–H groups in total. The van der Waals surface area contributed by atoms with Crippen LogP contribution in [0, 0.1) is 3.57 Å². The largest absolute Gasteiger partial charge is 0.412 e. The van der Waals surface area contributed by atoms with E-state index in [1.165, 1.54) is 22.7 Å². The maximum absolute atomic E-state index is 10.6. The first-order valence-corrected chi connectivity index (χ1v) is 13.7. The van der Waals surface area contributed by atoms with E-state index in [0.717, 1.165) is 8.44 Å². The van der Waals surface area contributed by atoms with Gasteiger partial charge in [0, 0.05) is 10.3 Å². The molecule has 1 aromatic rings. The van der Waals surface area contributed by atoms with Crippen LogP contribution in [0.15, 0.2) is 5.38 Å². The first-order valence-electron chi connectivity index (χ1n) is 7.51. The van der Waals surface area contributed by atoms with Crippen molar-refractivity contribution in [2.75, 3.05) is 13.2 Å². The Labute approximate surface area is 143 Å². The van der Waals surface area contributed by atoms with Crippen LogP contribution in [0.2, 0.25) is 18.1 Å². The minimum atomic E-state index is -2.90. The lowest BCUT2D eigenvalue weighted by Gasteiger charge is -2.35. The molecule has 0 aromatic carbocycles. The van der Waals surface area contributed by atoms with Crippen LogP contribution in [0.1, 0.15) is 39.5 Å². The van der Waals surface area contributed by atoms with Crippen molar-refractivity contribution < 1.29 is 18.4 Å². The van der Waals surface area contributed by atoms with Gasteiger partial charge in [-0.25, -0.2) is 0 Å². The molecule has 0 amide bonds. The highest BCUT2D eigenvalue weighted by atomic mass is 32.2. The molecule has 0 aliphatic carbocycles. The van der Waals surface area contributed by atoms with Gasteiger partial charge in [0.2, 0.25) is 0 Å². The third-order valence-electron chi connectivity index (χ3n) is 3.73. The fourth-order valence-electron chi connectivity index (χ4n) is 1.42. The van der Waals surface area contributed by atoms with Gasteiger partial charge in [0.05, 0.1) is 19.8 Å². The zero-order chi connectivity index (χ0) is 17.0. The fourth-order valence-corrected chi connectivity index (χ4v) is 7.24. The molecule has 0 atom stereocenters. The van der Waals surface area contributed by atoms with Crippen LogP contribution in [0.5, 0.6) is 0 Å². The third kappa shape index (κ3) is 5.28. The van der Waals surface area contributed by atoms with Gasteiger partial charge in [0.25, 0.3) is 7.57 Å². The molecule has 0 spiro atoms. The van der Waals surface area contributed by atoms with Gasteiger partial charge in [-0.05, 0) is 32.0 Å². The normalized spacial score (nSPS) is 13.6. The molecule has 0 unspecified atom stereocenters. The molecular weight excluding hydrogens is 355 g/mol. The molecule has 1 aromatic heterocycles. The molecule has 1 rings (SSSR count). The van der Waals surface area contributed by atoms with Crippen molar-refractivity contribution in [3.8, 4) is 0 Å². The van der Waals surface area contributed by atoms with Gasteiger partial charge in [-0.3, -0.25) is 0 Å². The number of rotatable bonds is 7.